The topological polar surface area (TPSA) is 269 Å². The van der Waals surface area contributed by atoms with Crippen LogP contribution < -0.4 is 18.9 Å². The second-order valence-corrected chi connectivity index (χ2v) is 19.6. The van der Waals surface area contributed by atoms with Crippen LogP contribution in [0.25, 0.3) is 0 Å². The number of carbonyl (C=O) groups is 6. The smallest absolute Gasteiger partial charge is 0.493 e. The van der Waals surface area contributed by atoms with E-state index in [2.05, 4.69) is 11.8 Å². The van der Waals surface area contributed by atoms with Crippen LogP contribution in [0.3, 0.4) is 0 Å². The molecule has 416 valence electrons. The molecule has 2 fully saturated rings. The normalized spacial score (nSPS) is 14.2. The summed E-state index contributed by atoms with van der Waals surface area (Å²) in [5.41, 5.74) is -0.644. The minimum Gasteiger partial charge on any atom is -0.493 e. The summed E-state index contributed by atoms with van der Waals surface area (Å²) < 4.78 is 32.8. The number of nitro benzene ring substituents is 2. The Kier molecular flexibility index (Phi) is 27.3. The Morgan fingerprint density at radius 3 is 1.08 bits per heavy atom. The molecule has 2 heterocycles. The highest BCUT2D eigenvalue weighted by Gasteiger charge is 2.36. The van der Waals surface area contributed by atoms with Gasteiger partial charge in [0.25, 0.3) is 35.0 Å². The molecule has 23 heteroatoms. The average molecular weight is 1080 g/mol. The molecule has 4 rings (SSSR count). The standard InChI is InChI=1S/C52H74N4O18S/c1-37(71-51(61)73-53-47(57)25-26-48(53)58)39-33-43(67-3)45(35-41(39)55(63)64)69-29-21-17-13-9-5-7-11-15-19-23-31-75-32-24-20-16-12-8-6-10-14-18-22-30-70-46-36-42(56(65)66)40(34-44(46)68-4)38(2)72-52(62)74-54-49(59)27-28-50(54)60/h33-38H,5-32H2,1-4H3. The molecule has 2 atom stereocenters. The van der Waals surface area contributed by atoms with Gasteiger partial charge in [0.05, 0.1) is 60.5 Å². The number of hydrogen-bond acceptors (Lipinski definition) is 19. The van der Waals surface area contributed by atoms with Gasteiger partial charge in [-0.3, -0.25) is 49.1 Å². The molecule has 75 heavy (non-hydrogen) atoms. The Balaban J connectivity index is 0.925. The van der Waals surface area contributed by atoms with Gasteiger partial charge in [-0.2, -0.15) is 11.8 Å². The highest BCUT2D eigenvalue weighted by atomic mass is 32.2. The Labute approximate surface area is 442 Å². The van der Waals surface area contributed by atoms with E-state index in [4.69, 9.17) is 38.1 Å². The summed E-state index contributed by atoms with van der Waals surface area (Å²) in [6.45, 7) is 3.50. The van der Waals surface area contributed by atoms with Gasteiger partial charge in [-0.05, 0) is 63.2 Å². The Morgan fingerprint density at radius 1 is 0.493 bits per heavy atom. The van der Waals surface area contributed by atoms with Gasteiger partial charge in [0.2, 0.25) is 0 Å². The van der Waals surface area contributed by atoms with Gasteiger partial charge < -0.3 is 28.4 Å². The van der Waals surface area contributed by atoms with Crippen molar-refractivity contribution in [3.63, 3.8) is 0 Å². The lowest BCUT2D eigenvalue weighted by Crippen LogP contribution is -2.32. The first-order valence-corrected chi connectivity index (χ1v) is 27.3. The lowest BCUT2D eigenvalue weighted by atomic mass is 10.1. The van der Waals surface area contributed by atoms with E-state index in [9.17, 15) is 49.0 Å². The summed E-state index contributed by atoms with van der Waals surface area (Å²) in [5, 5.41) is 24.5. The number of carbonyl (C=O) groups excluding carboxylic acids is 6. The van der Waals surface area contributed by atoms with E-state index >= 15 is 0 Å². The zero-order valence-corrected chi connectivity index (χ0v) is 44.6. The molecular weight excluding hydrogens is 1000 g/mol. The van der Waals surface area contributed by atoms with Gasteiger partial charge >= 0.3 is 12.3 Å². The van der Waals surface area contributed by atoms with Crippen LogP contribution >= 0.6 is 11.8 Å². The fourth-order valence-electron chi connectivity index (χ4n) is 8.47. The molecule has 22 nitrogen and oxygen atoms in total. The van der Waals surface area contributed by atoms with Crippen molar-refractivity contribution in [3.8, 4) is 23.0 Å². The van der Waals surface area contributed by atoms with E-state index < -0.39 is 58.0 Å². The fraction of sp³-hybridized carbons (Fsp3) is 0.654. The number of nitro groups is 2. The lowest BCUT2D eigenvalue weighted by Gasteiger charge is -2.18. The maximum atomic E-state index is 12.2. The van der Waals surface area contributed by atoms with Crippen molar-refractivity contribution in [3.05, 3.63) is 55.6 Å². The SMILES string of the molecule is COc1cc(C(C)OC(=O)ON2C(=O)CCC2=O)c([N+](=O)[O-])cc1OCCCCCCCCCCCCSCCCCCCCCCCCCOc1cc([N+](=O)[O-])c(C(C)OC(=O)ON2C(=O)CCC2=O)cc1OC. The molecule has 0 aromatic heterocycles. The second kappa shape index (κ2) is 33.5. The maximum absolute atomic E-state index is 12.2. The van der Waals surface area contributed by atoms with Gasteiger partial charge in [-0.25, -0.2) is 9.59 Å². The molecule has 0 saturated carbocycles. The minimum atomic E-state index is -1.35. The van der Waals surface area contributed by atoms with Crippen molar-refractivity contribution in [1.82, 2.24) is 10.1 Å². The first-order valence-electron chi connectivity index (χ1n) is 26.2. The molecule has 2 aliphatic heterocycles. The van der Waals surface area contributed by atoms with E-state index in [0.717, 1.165) is 51.4 Å². The van der Waals surface area contributed by atoms with Crippen molar-refractivity contribution < 1.29 is 76.7 Å². The number of hydrogen-bond donors (Lipinski definition) is 0. The zero-order valence-electron chi connectivity index (χ0n) is 43.8. The maximum Gasteiger partial charge on any atom is 0.534 e. The highest BCUT2D eigenvalue weighted by Crippen LogP contribution is 2.40. The molecule has 0 N–H and O–H groups in total. The van der Waals surface area contributed by atoms with Crippen LogP contribution in [0.1, 0.15) is 191 Å². The molecule has 0 spiro atoms. The van der Waals surface area contributed by atoms with Gasteiger partial charge in [-0.15, -0.1) is 0 Å². The van der Waals surface area contributed by atoms with Crippen LogP contribution in [0.4, 0.5) is 21.0 Å². The molecule has 2 aromatic carbocycles. The minimum absolute atomic E-state index is 0.0253. The Morgan fingerprint density at radius 2 is 0.787 bits per heavy atom. The molecule has 2 aromatic rings. The summed E-state index contributed by atoms with van der Waals surface area (Å²) in [4.78, 5) is 104. The van der Waals surface area contributed by atoms with Crippen LogP contribution in [0.2, 0.25) is 0 Å². The van der Waals surface area contributed by atoms with Crippen molar-refractivity contribution in [2.24, 2.45) is 0 Å². The van der Waals surface area contributed by atoms with Crippen molar-refractivity contribution >= 4 is 59.1 Å². The third-order valence-electron chi connectivity index (χ3n) is 12.7. The van der Waals surface area contributed by atoms with Crippen LogP contribution in [0, 0.1) is 20.2 Å². The average Bonchev–Trinajstić information content (AvgIpc) is 3.87. The fourth-order valence-corrected chi connectivity index (χ4v) is 9.49. The Bertz CT molecular complexity index is 2040. The number of hydroxylamine groups is 4. The summed E-state index contributed by atoms with van der Waals surface area (Å²) in [7, 11) is 2.80. The Hall–Kier alpha value is -6.39. The quantitative estimate of drug-likeness (QED) is 0.0199. The van der Waals surface area contributed by atoms with Crippen LogP contribution in [-0.2, 0) is 38.3 Å². The predicted molar refractivity (Wildman–Crippen MR) is 274 cm³/mol. The van der Waals surface area contributed by atoms with E-state index in [-0.39, 0.29) is 71.2 Å². The van der Waals surface area contributed by atoms with Crippen LogP contribution in [-0.4, -0.2) is 94.9 Å². The number of amides is 4. The van der Waals surface area contributed by atoms with Crippen molar-refractivity contribution in [2.45, 2.75) is 180 Å². The number of rotatable bonds is 38. The summed E-state index contributed by atoms with van der Waals surface area (Å²) in [5.74, 6) is 0.584. The molecule has 0 bridgehead atoms. The summed E-state index contributed by atoms with van der Waals surface area (Å²) in [6, 6.07) is 5.20. The number of methoxy groups -OCH3 is 2. The lowest BCUT2D eigenvalue weighted by molar-refractivity contribution is -0.386. The first kappa shape index (κ1) is 61.2. The molecule has 2 unspecified atom stereocenters. The van der Waals surface area contributed by atoms with E-state index in [1.807, 2.05) is 0 Å². The number of unbranched alkanes of at least 4 members (excludes halogenated alkanes) is 18. The summed E-state index contributed by atoms with van der Waals surface area (Å²) in [6.07, 6.45) is 17.5. The number of benzene rings is 2. The van der Waals surface area contributed by atoms with E-state index in [1.165, 1.54) is 141 Å². The van der Waals surface area contributed by atoms with Gasteiger partial charge in [0.15, 0.2) is 23.0 Å². The second-order valence-electron chi connectivity index (χ2n) is 18.4. The molecular formula is C52H74N4O18S. The number of ether oxygens (including phenoxy) is 6. The first-order chi connectivity index (χ1) is 36.1. The van der Waals surface area contributed by atoms with Crippen LogP contribution in [0.15, 0.2) is 24.3 Å². The third kappa shape index (κ3) is 21.0. The van der Waals surface area contributed by atoms with Gasteiger partial charge in [-0.1, -0.05) is 113 Å². The van der Waals surface area contributed by atoms with Crippen LogP contribution in [0.5, 0.6) is 23.0 Å². The van der Waals surface area contributed by atoms with Crippen molar-refractivity contribution in [1.29, 1.82) is 0 Å². The zero-order chi connectivity index (χ0) is 54.5. The molecule has 0 radical (unpaired) electrons. The molecule has 4 amide bonds. The molecule has 0 aliphatic carbocycles. The van der Waals surface area contributed by atoms with E-state index in [1.54, 1.807) is 0 Å². The predicted octanol–water partition coefficient (Wildman–Crippen LogP) is 12.1. The summed E-state index contributed by atoms with van der Waals surface area (Å²) >= 11 is 2.06. The monoisotopic (exact) mass is 1070 g/mol. The largest absolute Gasteiger partial charge is 0.534 e. The molecule has 2 aliphatic rings. The molecule has 2 saturated heterocycles. The highest BCUT2D eigenvalue weighted by molar-refractivity contribution is 7.99. The van der Waals surface area contributed by atoms with E-state index in [0.29, 0.717) is 23.3 Å². The van der Waals surface area contributed by atoms with Gasteiger partial charge in [0, 0.05) is 25.7 Å². The number of thioether (sulfide) groups is 1. The number of imide groups is 2. The van der Waals surface area contributed by atoms with Gasteiger partial charge in [0.1, 0.15) is 12.2 Å². The van der Waals surface area contributed by atoms with Crippen molar-refractivity contribution in [2.75, 3.05) is 38.9 Å². The number of nitrogens with zero attached hydrogens (tertiary/aromatic N) is 4. The third-order valence-corrected chi connectivity index (χ3v) is 13.8.